The quantitative estimate of drug-likeness (QED) is 0.472. The molecule has 3 aromatic rings. The van der Waals surface area contributed by atoms with E-state index in [0.29, 0.717) is 6.54 Å². The molecule has 0 aliphatic carbocycles. The van der Waals surface area contributed by atoms with Gasteiger partial charge in [-0.2, -0.15) is 0 Å². The van der Waals surface area contributed by atoms with Crippen LogP contribution in [0.25, 0.3) is 0 Å². The normalized spacial score (nSPS) is 13.1. The van der Waals surface area contributed by atoms with Gasteiger partial charge >= 0.3 is 0 Å². The highest BCUT2D eigenvalue weighted by atomic mass is 15.3. The van der Waals surface area contributed by atoms with E-state index in [1.54, 1.807) is 0 Å². The lowest BCUT2D eigenvalue weighted by atomic mass is 10.0. The van der Waals surface area contributed by atoms with Crippen molar-refractivity contribution in [1.82, 2.24) is 14.8 Å². The summed E-state index contributed by atoms with van der Waals surface area (Å²) in [5.74, 6) is 0.824. The van der Waals surface area contributed by atoms with E-state index in [1.165, 1.54) is 15.8 Å². The summed E-state index contributed by atoms with van der Waals surface area (Å²) in [5.41, 5.74) is 7.60. The molecule has 1 aromatic carbocycles. The third kappa shape index (κ3) is 3.51. The van der Waals surface area contributed by atoms with Crippen molar-refractivity contribution in [3.8, 4) is 0 Å². The summed E-state index contributed by atoms with van der Waals surface area (Å²) in [7, 11) is 0. The fourth-order valence-corrected chi connectivity index (χ4v) is 3.68. The maximum Gasteiger partial charge on any atom is 0.153 e. The molecule has 0 radical (unpaired) electrons. The first kappa shape index (κ1) is 18.9. The minimum absolute atomic E-state index is 0.255. The van der Waals surface area contributed by atoms with Crippen molar-refractivity contribution in [2.24, 2.45) is 0 Å². The number of aryl methyl sites for hydroxylation is 1. The second-order valence-electron chi connectivity index (χ2n) is 7.44. The molecule has 4 rings (SSSR count). The Hall–Kier alpha value is -3.48. The van der Waals surface area contributed by atoms with Crippen LogP contribution in [0.5, 0.6) is 0 Å². The second-order valence-corrected chi connectivity index (χ2v) is 7.44. The number of nitrogens with zero attached hydrogens (tertiary/aromatic N) is 4. The van der Waals surface area contributed by atoms with E-state index in [1.807, 2.05) is 32.2 Å². The molecule has 0 fully saturated rings. The van der Waals surface area contributed by atoms with Gasteiger partial charge in [0.2, 0.25) is 0 Å². The number of pyridine rings is 1. The molecule has 7 heteroatoms. The topological polar surface area (TPSA) is 93.7 Å². The van der Waals surface area contributed by atoms with E-state index in [4.69, 9.17) is 10.8 Å². The van der Waals surface area contributed by atoms with Gasteiger partial charge in [-0.15, -0.1) is 5.10 Å². The van der Waals surface area contributed by atoms with E-state index >= 15 is 0 Å². The van der Waals surface area contributed by atoms with E-state index in [9.17, 15) is 0 Å². The van der Waals surface area contributed by atoms with E-state index in [-0.39, 0.29) is 5.49 Å². The maximum absolute atomic E-state index is 8.13. The Bertz CT molecular complexity index is 1150. The lowest BCUT2D eigenvalue weighted by Gasteiger charge is -2.31. The monoisotopic (exact) mass is 387 g/mol. The number of para-hydroxylation sites is 1. The minimum atomic E-state index is 0.255. The highest BCUT2D eigenvalue weighted by Gasteiger charge is 2.22. The fraction of sp³-hybridized carbons (Fsp3) is 0.273. The zero-order valence-corrected chi connectivity index (χ0v) is 17.0. The van der Waals surface area contributed by atoms with Crippen LogP contribution in [0.4, 0.5) is 17.2 Å². The predicted octanol–water partition coefficient (Wildman–Crippen LogP) is 3.44. The number of fused-ring (bicyclic) bond motifs is 1. The Kier molecular flexibility index (Phi) is 4.88. The number of rotatable bonds is 4. The van der Waals surface area contributed by atoms with Crippen molar-refractivity contribution in [2.75, 3.05) is 16.8 Å². The molecule has 0 spiro atoms. The maximum atomic E-state index is 8.13. The van der Waals surface area contributed by atoms with Crippen LogP contribution >= 0.6 is 0 Å². The first-order chi connectivity index (χ1) is 14.0. The summed E-state index contributed by atoms with van der Waals surface area (Å²) in [4.78, 5) is 6.89. The Labute approximate surface area is 170 Å². The van der Waals surface area contributed by atoms with Gasteiger partial charge in [0.15, 0.2) is 11.3 Å². The van der Waals surface area contributed by atoms with Gasteiger partial charge in [-0.3, -0.25) is 15.8 Å². The SMILES string of the molecule is Cc1ccccc1Nc1cnc2c(c1)CN(c1nn(C=N)c(=N)c(C)c1C)CC2. The first-order valence-corrected chi connectivity index (χ1v) is 9.68. The minimum Gasteiger partial charge on any atom is -0.354 e. The third-order valence-electron chi connectivity index (χ3n) is 5.57. The number of nitrogens with one attached hydrogen (secondary N) is 3. The molecule has 0 saturated carbocycles. The molecular formula is C22H25N7. The molecule has 3 N–H and O–H groups in total. The zero-order chi connectivity index (χ0) is 20.5. The molecule has 29 heavy (non-hydrogen) atoms. The van der Waals surface area contributed by atoms with Gasteiger partial charge in [0.25, 0.3) is 0 Å². The summed E-state index contributed by atoms with van der Waals surface area (Å²) in [6, 6.07) is 10.4. The van der Waals surface area contributed by atoms with Gasteiger partial charge in [-0.05, 0) is 49.6 Å². The zero-order valence-electron chi connectivity index (χ0n) is 17.0. The number of hydrogen-bond acceptors (Lipinski definition) is 6. The van der Waals surface area contributed by atoms with Crippen LogP contribution in [0, 0.1) is 31.6 Å². The average molecular weight is 387 g/mol. The van der Waals surface area contributed by atoms with Crippen LogP contribution in [-0.2, 0) is 13.0 Å². The Morgan fingerprint density at radius 2 is 1.93 bits per heavy atom. The molecule has 1 aliphatic heterocycles. The number of aromatic nitrogens is 3. The molecule has 1 aliphatic rings. The van der Waals surface area contributed by atoms with Crippen molar-refractivity contribution in [2.45, 2.75) is 33.7 Å². The Morgan fingerprint density at radius 3 is 2.69 bits per heavy atom. The predicted molar refractivity (Wildman–Crippen MR) is 115 cm³/mol. The Balaban J connectivity index is 1.65. The lowest BCUT2D eigenvalue weighted by Crippen LogP contribution is -2.36. The second kappa shape index (κ2) is 7.50. The van der Waals surface area contributed by atoms with E-state index in [2.05, 4.69) is 45.4 Å². The van der Waals surface area contributed by atoms with Crippen molar-refractivity contribution in [1.29, 1.82) is 10.8 Å². The summed E-state index contributed by atoms with van der Waals surface area (Å²) in [5, 5.41) is 23.7. The molecule has 0 amide bonds. The van der Waals surface area contributed by atoms with Crippen LogP contribution in [-0.4, -0.2) is 27.6 Å². The van der Waals surface area contributed by atoms with Crippen LogP contribution in [0.3, 0.4) is 0 Å². The standard InChI is InChI=1S/C22H25N7/c1-14-6-4-5-7-19(14)26-18-10-17-12-28(9-8-20(17)25-11-18)22-16(3)15(2)21(24)29(13-23)27-22/h4-7,10-11,13,23-24,26H,8-9,12H2,1-3H3. The van der Waals surface area contributed by atoms with Crippen molar-refractivity contribution in [3.63, 3.8) is 0 Å². The molecule has 0 bridgehead atoms. The molecule has 0 saturated heterocycles. The lowest BCUT2D eigenvalue weighted by molar-refractivity contribution is 0.677. The first-order valence-electron chi connectivity index (χ1n) is 9.68. The molecule has 148 valence electrons. The highest BCUT2D eigenvalue weighted by Crippen LogP contribution is 2.28. The van der Waals surface area contributed by atoms with Gasteiger partial charge in [0.1, 0.15) is 6.34 Å². The highest BCUT2D eigenvalue weighted by molar-refractivity contribution is 5.63. The smallest absolute Gasteiger partial charge is 0.153 e. The van der Waals surface area contributed by atoms with Crippen molar-refractivity contribution < 1.29 is 0 Å². The molecule has 0 unspecified atom stereocenters. The Morgan fingerprint density at radius 1 is 1.14 bits per heavy atom. The molecule has 2 aromatic heterocycles. The summed E-state index contributed by atoms with van der Waals surface area (Å²) >= 11 is 0. The van der Waals surface area contributed by atoms with Gasteiger partial charge in [0, 0.05) is 36.5 Å². The van der Waals surface area contributed by atoms with Crippen LogP contribution in [0.2, 0.25) is 0 Å². The van der Waals surface area contributed by atoms with Gasteiger partial charge in [-0.25, -0.2) is 4.68 Å². The number of anilines is 3. The largest absolute Gasteiger partial charge is 0.354 e. The van der Waals surface area contributed by atoms with Crippen LogP contribution in [0.1, 0.15) is 27.9 Å². The van der Waals surface area contributed by atoms with E-state index in [0.717, 1.165) is 53.3 Å². The van der Waals surface area contributed by atoms with Crippen LogP contribution < -0.4 is 15.7 Å². The average Bonchev–Trinajstić information content (AvgIpc) is 2.73. The fourth-order valence-electron chi connectivity index (χ4n) is 3.68. The van der Waals surface area contributed by atoms with Crippen LogP contribution in [0.15, 0.2) is 36.5 Å². The van der Waals surface area contributed by atoms with E-state index < -0.39 is 0 Å². The van der Waals surface area contributed by atoms with Gasteiger partial charge < -0.3 is 10.2 Å². The molecular weight excluding hydrogens is 362 g/mol. The van der Waals surface area contributed by atoms with Crippen molar-refractivity contribution >= 4 is 23.5 Å². The number of benzene rings is 1. The van der Waals surface area contributed by atoms with Gasteiger partial charge in [-0.1, -0.05) is 18.2 Å². The third-order valence-corrected chi connectivity index (χ3v) is 5.57. The molecule has 0 atom stereocenters. The number of hydrogen-bond donors (Lipinski definition) is 3. The molecule has 3 heterocycles. The summed E-state index contributed by atoms with van der Waals surface area (Å²) in [6.45, 7) is 7.50. The van der Waals surface area contributed by atoms with Gasteiger partial charge in [0.05, 0.1) is 11.9 Å². The summed E-state index contributed by atoms with van der Waals surface area (Å²) in [6.07, 6.45) is 3.82. The summed E-state index contributed by atoms with van der Waals surface area (Å²) < 4.78 is 1.32. The van der Waals surface area contributed by atoms with Crippen molar-refractivity contribution in [3.05, 3.63) is 70.0 Å². The molecule has 7 nitrogen and oxygen atoms in total.